The van der Waals surface area contributed by atoms with Gasteiger partial charge in [0.15, 0.2) is 0 Å². The maximum Gasteiger partial charge on any atom is 0.233 e. The standard InChI is InChI=1S/C15H10Cl2F2N2O2/c16-9-2-1-3-12(15(9)17)21-14(23)7-13(22)20-11-5-4-8(18)6-10(11)19/h1-6H,7H2,(H,20,22)(H,21,23). The lowest BCUT2D eigenvalue weighted by Gasteiger charge is -2.09. The molecule has 0 unspecified atom stereocenters. The van der Waals surface area contributed by atoms with E-state index in [1.54, 1.807) is 12.1 Å². The quantitative estimate of drug-likeness (QED) is 0.803. The first kappa shape index (κ1) is 17.2. The Balaban J connectivity index is 1.97. The van der Waals surface area contributed by atoms with Crippen molar-refractivity contribution in [3.05, 3.63) is 58.1 Å². The highest BCUT2D eigenvalue weighted by molar-refractivity contribution is 6.44. The summed E-state index contributed by atoms with van der Waals surface area (Å²) in [5.41, 5.74) is 0.0370. The average Bonchev–Trinajstić information content (AvgIpc) is 2.47. The number of hydrogen-bond acceptors (Lipinski definition) is 2. The third kappa shape index (κ3) is 4.64. The zero-order valence-electron chi connectivity index (χ0n) is 11.5. The first-order chi connectivity index (χ1) is 10.9. The molecule has 120 valence electrons. The second kappa shape index (κ2) is 7.39. The largest absolute Gasteiger partial charge is 0.324 e. The molecular weight excluding hydrogens is 349 g/mol. The fourth-order valence-electron chi connectivity index (χ4n) is 1.73. The van der Waals surface area contributed by atoms with E-state index in [0.29, 0.717) is 6.07 Å². The van der Waals surface area contributed by atoms with E-state index in [-0.39, 0.29) is 21.4 Å². The van der Waals surface area contributed by atoms with Gasteiger partial charge in [0, 0.05) is 6.07 Å². The summed E-state index contributed by atoms with van der Waals surface area (Å²) in [6, 6.07) is 7.32. The Morgan fingerprint density at radius 3 is 2.26 bits per heavy atom. The Bertz CT molecular complexity index is 769. The number of carbonyl (C=O) groups excluding carboxylic acids is 2. The molecule has 23 heavy (non-hydrogen) atoms. The summed E-state index contributed by atoms with van der Waals surface area (Å²) in [7, 11) is 0. The molecule has 2 N–H and O–H groups in total. The smallest absolute Gasteiger partial charge is 0.233 e. The van der Waals surface area contributed by atoms with Crippen molar-refractivity contribution >= 4 is 46.4 Å². The van der Waals surface area contributed by atoms with Crippen LogP contribution in [0.5, 0.6) is 0 Å². The minimum absolute atomic E-state index is 0.146. The van der Waals surface area contributed by atoms with Crippen LogP contribution in [0.1, 0.15) is 6.42 Å². The minimum atomic E-state index is -0.934. The predicted molar refractivity (Wildman–Crippen MR) is 84.7 cm³/mol. The molecule has 0 spiro atoms. The maximum atomic E-state index is 13.4. The molecular formula is C15H10Cl2F2N2O2. The van der Waals surface area contributed by atoms with Crippen molar-refractivity contribution in [1.82, 2.24) is 0 Å². The van der Waals surface area contributed by atoms with E-state index >= 15 is 0 Å². The van der Waals surface area contributed by atoms with Crippen LogP contribution >= 0.6 is 23.2 Å². The van der Waals surface area contributed by atoms with Crippen LogP contribution in [0.15, 0.2) is 36.4 Å². The number of benzene rings is 2. The number of nitrogens with one attached hydrogen (secondary N) is 2. The summed E-state index contributed by atoms with van der Waals surface area (Å²) in [5, 5.41) is 5.00. The molecule has 0 aliphatic rings. The molecule has 0 heterocycles. The van der Waals surface area contributed by atoms with Gasteiger partial charge in [-0.1, -0.05) is 29.3 Å². The van der Waals surface area contributed by atoms with Crippen LogP contribution in [-0.2, 0) is 9.59 Å². The SMILES string of the molecule is O=C(CC(=O)Nc1cccc(Cl)c1Cl)Nc1ccc(F)cc1F. The fourth-order valence-corrected chi connectivity index (χ4v) is 2.07. The Morgan fingerprint density at radius 1 is 0.957 bits per heavy atom. The summed E-state index contributed by atoms with van der Waals surface area (Å²) in [4.78, 5) is 23.5. The van der Waals surface area contributed by atoms with Gasteiger partial charge in [-0.3, -0.25) is 9.59 Å². The van der Waals surface area contributed by atoms with Crippen molar-refractivity contribution in [2.75, 3.05) is 10.6 Å². The molecule has 0 saturated heterocycles. The van der Waals surface area contributed by atoms with E-state index in [4.69, 9.17) is 23.2 Å². The highest BCUT2D eigenvalue weighted by Gasteiger charge is 2.14. The molecule has 0 aliphatic carbocycles. The minimum Gasteiger partial charge on any atom is -0.324 e. The van der Waals surface area contributed by atoms with Crippen molar-refractivity contribution in [1.29, 1.82) is 0 Å². The molecule has 4 nitrogen and oxygen atoms in total. The van der Waals surface area contributed by atoms with Crippen LogP contribution in [0.2, 0.25) is 10.0 Å². The molecule has 2 rings (SSSR count). The van der Waals surface area contributed by atoms with E-state index in [1.807, 2.05) is 0 Å². The summed E-state index contributed by atoms with van der Waals surface area (Å²) in [6.07, 6.45) is -0.570. The first-order valence-electron chi connectivity index (χ1n) is 6.35. The van der Waals surface area contributed by atoms with E-state index < -0.39 is 29.9 Å². The molecule has 0 fully saturated rings. The van der Waals surface area contributed by atoms with Crippen molar-refractivity contribution in [3.63, 3.8) is 0 Å². The highest BCUT2D eigenvalue weighted by Crippen LogP contribution is 2.29. The van der Waals surface area contributed by atoms with Crippen molar-refractivity contribution in [3.8, 4) is 0 Å². The Morgan fingerprint density at radius 2 is 1.61 bits per heavy atom. The van der Waals surface area contributed by atoms with Gasteiger partial charge >= 0.3 is 0 Å². The van der Waals surface area contributed by atoms with E-state index in [0.717, 1.165) is 12.1 Å². The molecule has 2 aromatic carbocycles. The van der Waals surface area contributed by atoms with Gasteiger partial charge in [0.2, 0.25) is 11.8 Å². The third-order valence-electron chi connectivity index (χ3n) is 2.75. The Hall–Kier alpha value is -2.18. The van der Waals surface area contributed by atoms with Crippen LogP contribution in [-0.4, -0.2) is 11.8 Å². The molecule has 8 heteroatoms. The summed E-state index contributed by atoms with van der Waals surface area (Å²) < 4.78 is 26.2. The molecule has 0 saturated carbocycles. The number of amides is 2. The van der Waals surface area contributed by atoms with Crippen LogP contribution in [0.25, 0.3) is 0 Å². The monoisotopic (exact) mass is 358 g/mol. The number of halogens is 4. The van der Waals surface area contributed by atoms with Crippen LogP contribution in [0.3, 0.4) is 0 Å². The van der Waals surface area contributed by atoms with Gasteiger partial charge in [0.1, 0.15) is 18.1 Å². The average molecular weight is 359 g/mol. The topological polar surface area (TPSA) is 58.2 Å². The molecule has 2 amide bonds. The van der Waals surface area contributed by atoms with Crippen LogP contribution in [0.4, 0.5) is 20.2 Å². The molecule has 0 aliphatic heterocycles. The van der Waals surface area contributed by atoms with Gasteiger partial charge in [0.05, 0.1) is 21.4 Å². The van der Waals surface area contributed by atoms with E-state index in [9.17, 15) is 18.4 Å². The van der Waals surface area contributed by atoms with Crippen LogP contribution in [0, 0.1) is 11.6 Å². The molecule has 0 bridgehead atoms. The predicted octanol–water partition coefficient (Wildman–Crippen LogP) is 4.24. The summed E-state index contributed by atoms with van der Waals surface area (Å²) in [5.74, 6) is -3.12. The zero-order valence-corrected chi connectivity index (χ0v) is 13.0. The van der Waals surface area contributed by atoms with Gasteiger partial charge < -0.3 is 10.6 Å². The van der Waals surface area contributed by atoms with Crippen molar-refractivity contribution < 1.29 is 18.4 Å². The summed E-state index contributed by atoms with van der Waals surface area (Å²) >= 11 is 11.7. The second-order valence-electron chi connectivity index (χ2n) is 4.50. The third-order valence-corrected chi connectivity index (χ3v) is 3.57. The number of rotatable bonds is 4. The van der Waals surface area contributed by atoms with Gasteiger partial charge in [0.25, 0.3) is 0 Å². The Kier molecular flexibility index (Phi) is 5.52. The van der Waals surface area contributed by atoms with Crippen LogP contribution < -0.4 is 10.6 Å². The van der Waals surface area contributed by atoms with Crippen molar-refractivity contribution in [2.24, 2.45) is 0 Å². The van der Waals surface area contributed by atoms with Gasteiger partial charge in [-0.2, -0.15) is 0 Å². The van der Waals surface area contributed by atoms with Gasteiger partial charge in [-0.05, 0) is 24.3 Å². The molecule has 0 atom stereocenters. The number of anilines is 2. The number of hydrogen-bond donors (Lipinski definition) is 2. The highest BCUT2D eigenvalue weighted by atomic mass is 35.5. The summed E-state index contributed by atoms with van der Waals surface area (Å²) in [6.45, 7) is 0. The molecule has 0 aromatic heterocycles. The molecule has 0 radical (unpaired) electrons. The zero-order chi connectivity index (χ0) is 17.0. The number of carbonyl (C=O) groups is 2. The molecule has 2 aromatic rings. The Labute approximate surface area is 140 Å². The first-order valence-corrected chi connectivity index (χ1v) is 7.11. The van der Waals surface area contributed by atoms with Gasteiger partial charge in [-0.25, -0.2) is 8.78 Å². The van der Waals surface area contributed by atoms with Gasteiger partial charge in [-0.15, -0.1) is 0 Å². The fraction of sp³-hybridized carbons (Fsp3) is 0.0667. The maximum absolute atomic E-state index is 13.4. The second-order valence-corrected chi connectivity index (χ2v) is 5.28. The van der Waals surface area contributed by atoms with Crippen molar-refractivity contribution in [2.45, 2.75) is 6.42 Å². The normalized spacial score (nSPS) is 10.3. The lowest BCUT2D eigenvalue weighted by molar-refractivity contribution is -0.123. The lowest BCUT2D eigenvalue weighted by Crippen LogP contribution is -2.22. The van der Waals surface area contributed by atoms with E-state index in [1.165, 1.54) is 6.07 Å². The lowest BCUT2D eigenvalue weighted by atomic mass is 10.2. The van der Waals surface area contributed by atoms with E-state index in [2.05, 4.69) is 10.6 Å².